The molecular formula is C42H78. The van der Waals surface area contributed by atoms with E-state index in [9.17, 15) is 0 Å². The van der Waals surface area contributed by atoms with E-state index in [-0.39, 0.29) is 0 Å². The Bertz CT molecular complexity index is 524. The molecule has 0 unspecified atom stereocenters. The molecule has 0 spiro atoms. The van der Waals surface area contributed by atoms with E-state index in [2.05, 4.69) is 0 Å². The van der Waals surface area contributed by atoms with Crippen LogP contribution in [0, 0.1) is 35.5 Å². The van der Waals surface area contributed by atoms with Crippen LogP contribution in [0.4, 0.5) is 0 Å². The monoisotopic (exact) mass is 583 g/mol. The van der Waals surface area contributed by atoms with Gasteiger partial charge in [-0.1, -0.05) is 231 Å². The molecule has 0 amide bonds. The molecule has 0 heterocycles. The lowest BCUT2D eigenvalue weighted by atomic mass is 9.73. The van der Waals surface area contributed by atoms with E-state index in [0.717, 1.165) is 35.5 Å². The molecule has 0 aromatic carbocycles. The molecule has 0 saturated heterocycles. The molecule has 0 aromatic rings. The third-order valence-corrected chi connectivity index (χ3v) is 13.4. The average Bonchev–Trinajstić information content (AvgIpc) is 3.45. The van der Waals surface area contributed by atoms with Gasteiger partial charge in [-0.05, 0) is 35.5 Å². The minimum Gasteiger partial charge on any atom is -0.0533 e. The smallest absolute Gasteiger partial charge is 0.0386 e. The molecular weight excluding hydrogens is 504 g/mol. The predicted octanol–water partition coefficient (Wildman–Crippen LogP) is 14.8. The molecule has 6 fully saturated rings. The Morgan fingerprint density at radius 1 is 0.119 bits per heavy atom. The Labute approximate surface area is 266 Å². The lowest BCUT2D eigenvalue weighted by molar-refractivity contribution is 0.196. The van der Waals surface area contributed by atoms with Crippen LogP contribution < -0.4 is 0 Å². The minimum atomic E-state index is 1.11. The molecule has 0 aliphatic heterocycles. The molecule has 0 N–H and O–H groups in total. The molecule has 0 nitrogen and oxygen atoms in total. The maximum absolute atomic E-state index is 1.56. The Morgan fingerprint density at radius 3 is 0.357 bits per heavy atom. The third-order valence-electron chi connectivity index (χ3n) is 13.4. The van der Waals surface area contributed by atoms with E-state index in [1.807, 2.05) is 0 Å². The third kappa shape index (κ3) is 14.0. The first-order valence-corrected chi connectivity index (χ1v) is 20.9. The van der Waals surface area contributed by atoms with Crippen molar-refractivity contribution in [1.29, 1.82) is 0 Å². The van der Waals surface area contributed by atoms with E-state index in [1.54, 1.807) is 77.0 Å². The summed E-state index contributed by atoms with van der Waals surface area (Å²) in [5, 5.41) is 0. The fourth-order valence-electron chi connectivity index (χ4n) is 10.7. The Balaban J connectivity index is 0.000000146. The van der Waals surface area contributed by atoms with Gasteiger partial charge in [0.25, 0.3) is 0 Å². The zero-order valence-electron chi connectivity index (χ0n) is 28.9. The molecule has 42 heavy (non-hydrogen) atoms. The van der Waals surface area contributed by atoms with E-state index < -0.39 is 0 Å². The lowest BCUT2D eigenvalue weighted by Gasteiger charge is -2.32. The summed E-state index contributed by atoms with van der Waals surface area (Å²) < 4.78 is 0. The van der Waals surface area contributed by atoms with Gasteiger partial charge in [0.05, 0.1) is 0 Å². The zero-order valence-corrected chi connectivity index (χ0v) is 28.9. The van der Waals surface area contributed by atoms with Gasteiger partial charge in [0.1, 0.15) is 0 Å². The second kappa shape index (κ2) is 22.5. The maximum Gasteiger partial charge on any atom is -0.0386 e. The van der Waals surface area contributed by atoms with Crippen molar-refractivity contribution in [3.63, 3.8) is 0 Å². The van der Waals surface area contributed by atoms with Gasteiger partial charge in [-0.2, -0.15) is 0 Å². The van der Waals surface area contributed by atoms with Gasteiger partial charge >= 0.3 is 0 Å². The first-order valence-electron chi connectivity index (χ1n) is 20.9. The van der Waals surface area contributed by atoms with Crippen LogP contribution in [-0.4, -0.2) is 0 Å². The van der Waals surface area contributed by atoms with E-state index in [0.29, 0.717) is 0 Å². The van der Waals surface area contributed by atoms with Gasteiger partial charge in [-0.15, -0.1) is 0 Å². The van der Waals surface area contributed by atoms with Crippen LogP contribution in [0.25, 0.3) is 0 Å². The summed E-state index contributed by atoms with van der Waals surface area (Å²) >= 11 is 0. The summed E-state index contributed by atoms with van der Waals surface area (Å²) in [4.78, 5) is 0. The molecule has 6 saturated carbocycles. The highest BCUT2D eigenvalue weighted by molar-refractivity contribution is 4.78. The quantitative estimate of drug-likeness (QED) is 0.290. The van der Waals surface area contributed by atoms with Crippen molar-refractivity contribution in [1.82, 2.24) is 0 Å². The summed E-state index contributed by atoms with van der Waals surface area (Å²) in [6.45, 7) is 0. The van der Waals surface area contributed by atoms with Gasteiger partial charge < -0.3 is 0 Å². The molecule has 0 radical (unpaired) electrons. The molecule has 0 atom stereocenters. The summed E-state index contributed by atoms with van der Waals surface area (Å²) in [5.41, 5.74) is 0. The van der Waals surface area contributed by atoms with Crippen LogP contribution in [0.2, 0.25) is 0 Å². The first kappa shape index (κ1) is 34.9. The van der Waals surface area contributed by atoms with Gasteiger partial charge in [0, 0.05) is 0 Å². The summed E-state index contributed by atoms with van der Waals surface area (Å²) in [6.07, 6.45) is 55.3. The summed E-state index contributed by atoms with van der Waals surface area (Å²) in [7, 11) is 0. The molecule has 0 bridgehead atoms. The van der Waals surface area contributed by atoms with Crippen molar-refractivity contribution in [3.8, 4) is 0 Å². The van der Waals surface area contributed by atoms with E-state index in [4.69, 9.17) is 0 Å². The number of hydrogen-bond donors (Lipinski definition) is 0. The van der Waals surface area contributed by atoms with Gasteiger partial charge in [-0.25, -0.2) is 0 Å². The summed E-state index contributed by atoms with van der Waals surface area (Å²) in [5.74, 6) is 6.74. The molecule has 0 heteroatoms. The molecule has 6 rings (SSSR count). The highest BCUT2D eigenvalue weighted by Crippen LogP contribution is 2.39. The highest BCUT2D eigenvalue weighted by atomic mass is 14.3. The molecule has 6 aliphatic carbocycles. The van der Waals surface area contributed by atoms with Crippen molar-refractivity contribution in [2.24, 2.45) is 35.5 Å². The summed E-state index contributed by atoms with van der Waals surface area (Å²) in [6, 6.07) is 0. The minimum absolute atomic E-state index is 1.11. The van der Waals surface area contributed by atoms with Crippen LogP contribution in [0.15, 0.2) is 0 Å². The standard InChI is InChI=1S/C16H30.C14H26.C12H22/c1-3-7-11-15(12-8-4-1)16-13-9-5-2-6-10-14-16;1-2-6-10-13(9-5-1)14-11-7-3-4-8-12-14;1-3-7-11(8-4-1)12-9-5-2-6-10-12/h15-16H,1-14H2;13-14H,1-12H2;11-12H,1-10H2. The van der Waals surface area contributed by atoms with Crippen molar-refractivity contribution in [3.05, 3.63) is 0 Å². The van der Waals surface area contributed by atoms with Crippen LogP contribution in [-0.2, 0) is 0 Å². The van der Waals surface area contributed by atoms with Crippen molar-refractivity contribution >= 4 is 0 Å². The van der Waals surface area contributed by atoms with Crippen molar-refractivity contribution < 1.29 is 0 Å². The van der Waals surface area contributed by atoms with Crippen LogP contribution in [0.3, 0.4) is 0 Å². The molecule has 6 aliphatic rings. The Kier molecular flexibility index (Phi) is 18.7. The Hall–Kier alpha value is 0. The number of hydrogen-bond acceptors (Lipinski definition) is 0. The predicted molar refractivity (Wildman–Crippen MR) is 187 cm³/mol. The van der Waals surface area contributed by atoms with Gasteiger partial charge in [0.2, 0.25) is 0 Å². The van der Waals surface area contributed by atoms with Crippen LogP contribution >= 0.6 is 0 Å². The second-order valence-corrected chi connectivity index (χ2v) is 16.5. The number of rotatable bonds is 3. The zero-order chi connectivity index (χ0) is 28.9. The fraction of sp³-hybridized carbons (Fsp3) is 1.00. The largest absolute Gasteiger partial charge is 0.0533 e. The second-order valence-electron chi connectivity index (χ2n) is 16.5. The van der Waals surface area contributed by atoms with Gasteiger partial charge in [0.15, 0.2) is 0 Å². The topological polar surface area (TPSA) is 0 Å². The Morgan fingerprint density at radius 2 is 0.214 bits per heavy atom. The van der Waals surface area contributed by atoms with Gasteiger partial charge in [-0.3, -0.25) is 0 Å². The van der Waals surface area contributed by atoms with Crippen molar-refractivity contribution in [2.45, 2.75) is 231 Å². The maximum atomic E-state index is 1.56. The average molecular weight is 583 g/mol. The SMILES string of the molecule is C1CCC(C2CCCCC2)CC1.C1CCCC(C2CCCCCC2)CC1.C1CCCC(C2CCCCCCC2)CCC1. The lowest BCUT2D eigenvalue weighted by Crippen LogP contribution is -2.20. The normalized spacial score (nSPS) is 28.3. The van der Waals surface area contributed by atoms with Crippen LogP contribution in [0.1, 0.15) is 231 Å². The van der Waals surface area contributed by atoms with Crippen molar-refractivity contribution in [2.75, 3.05) is 0 Å². The van der Waals surface area contributed by atoms with E-state index in [1.165, 1.54) is 154 Å². The molecule has 246 valence electrons. The fourth-order valence-corrected chi connectivity index (χ4v) is 10.7. The molecule has 0 aromatic heterocycles. The van der Waals surface area contributed by atoms with Crippen LogP contribution in [0.5, 0.6) is 0 Å². The first-order chi connectivity index (χ1) is 20.9. The van der Waals surface area contributed by atoms with E-state index >= 15 is 0 Å². The highest BCUT2D eigenvalue weighted by Gasteiger charge is 2.25.